The number of piperidine rings is 1. The fourth-order valence-electron chi connectivity index (χ4n) is 6.44. The van der Waals surface area contributed by atoms with Crippen molar-refractivity contribution in [3.8, 4) is 11.1 Å². The molecule has 1 fully saturated rings. The predicted molar refractivity (Wildman–Crippen MR) is 176 cm³/mol. The zero-order valence-electron chi connectivity index (χ0n) is 25.5. The van der Waals surface area contributed by atoms with Crippen molar-refractivity contribution >= 4 is 44.9 Å². The molecule has 1 aliphatic heterocycles. The second kappa shape index (κ2) is 12.7. The molecule has 0 unspecified atom stereocenters. The Morgan fingerprint density at radius 1 is 1.09 bits per heavy atom. The molecule has 0 spiro atoms. The van der Waals surface area contributed by atoms with Gasteiger partial charge in [0.05, 0.1) is 12.1 Å². The Bertz CT molecular complexity index is 1650. The van der Waals surface area contributed by atoms with E-state index in [1.165, 1.54) is 28.2 Å². The van der Waals surface area contributed by atoms with E-state index in [1.807, 2.05) is 30.3 Å². The van der Waals surface area contributed by atoms with Crippen molar-refractivity contribution < 1.29 is 19.8 Å². The Morgan fingerprint density at radius 2 is 1.84 bits per heavy atom. The van der Waals surface area contributed by atoms with Crippen LogP contribution in [0.15, 0.2) is 41.8 Å². The van der Waals surface area contributed by atoms with Crippen molar-refractivity contribution in [2.45, 2.75) is 71.4 Å². The van der Waals surface area contributed by atoms with Crippen LogP contribution in [0.3, 0.4) is 0 Å². The molecule has 2 aliphatic rings. The number of fused-ring (bicyclic) bond motifs is 2. The molecule has 232 valence electrons. The van der Waals surface area contributed by atoms with Gasteiger partial charge in [0.15, 0.2) is 5.01 Å². The summed E-state index contributed by atoms with van der Waals surface area (Å²) in [6, 6.07) is 11.5. The lowest BCUT2D eigenvalue weighted by Gasteiger charge is -2.34. The molecule has 8 nitrogen and oxygen atoms in total. The number of carbonyl (C=O) groups excluding carboxylic acids is 1. The molecule has 2 atom stereocenters. The summed E-state index contributed by atoms with van der Waals surface area (Å²) in [5, 5.41) is 25.0. The van der Waals surface area contributed by atoms with E-state index in [-0.39, 0.29) is 23.5 Å². The van der Waals surface area contributed by atoms with Gasteiger partial charge < -0.3 is 20.4 Å². The van der Waals surface area contributed by atoms with Gasteiger partial charge in [0.1, 0.15) is 15.2 Å². The Labute approximate surface area is 266 Å². The number of aromatic nitrogens is 2. The molecule has 6 rings (SSSR count). The molecule has 4 aromatic rings. The Kier molecular flexibility index (Phi) is 8.88. The number of amides is 1. The van der Waals surface area contributed by atoms with Crippen molar-refractivity contribution in [1.29, 1.82) is 0 Å². The van der Waals surface area contributed by atoms with Gasteiger partial charge in [-0.2, -0.15) is 0 Å². The number of nitrogens with zero attached hydrogens (tertiary/aromatic N) is 3. The highest BCUT2D eigenvalue weighted by molar-refractivity contribution is 7.19. The van der Waals surface area contributed by atoms with Crippen LogP contribution in [-0.4, -0.2) is 62.7 Å². The molecule has 0 saturated carbocycles. The van der Waals surface area contributed by atoms with Crippen molar-refractivity contribution in [3.63, 3.8) is 0 Å². The van der Waals surface area contributed by atoms with Crippen LogP contribution in [0.5, 0.6) is 0 Å². The number of aromatic carboxylic acids is 1. The van der Waals surface area contributed by atoms with Gasteiger partial charge in [-0.25, -0.2) is 14.8 Å². The number of nitrogens with one attached hydrogen (secondary N) is 1. The fraction of sp³-hybridized carbons (Fsp3) is 0.471. The summed E-state index contributed by atoms with van der Waals surface area (Å²) >= 11 is 2.56. The lowest BCUT2D eigenvalue weighted by atomic mass is 9.71. The molecule has 4 heterocycles. The average molecular weight is 633 g/mol. The van der Waals surface area contributed by atoms with Gasteiger partial charge in [0, 0.05) is 30.9 Å². The average Bonchev–Trinajstić information content (AvgIpc) is 3.66. The monoisotopic (exact) mass is 632 g/mol. The van der Waals surface area contributed by atoms with Crippen LogP contribution < -0.4 is 5.32 Å². The number of aliphatic hydroxyl groups is 1. The zero-order chi connectivity index (χ0) is 31.0. The fourth-order valence-corrected chi connectivity index (χ4v) is 8.04. The molecular formula is C34H40N4O4S2. The van der Waals surface area contributed by atoms with Crippen LogP contribution in [0.2, 0.25) is 0 Å². The summed E-state index contributed by atoms with van der Waals surface area (Å²) in [5.41, 5.74) is 5.89. The first-order valence-electron chi connectivity index (χ1n) is 15.5. The van der Waals surface area contributed by atoms with Gasteiger partial charge >= 0.3 is 5.97 Å². The molecule has 1 saturated heterocycles. The van der Waals surface area contributed by atoms with Crippen molar-refractivity contribution in [2.24, 2.45) is 11.3 Å². The highest BCUT2D eigenvalue weighted by Gasteiger charge is 2.30. The lowest BCUT2D eigenvalue weighted by Crippen LogP contribution is -2.38. The number of benzene rings is 1. The summed E-state index contributed by atoms with van der Waals surface area (Å²) in [6.45, 7) is 9.36. The summed E-state index contributed by atoms with van der Waals surface area (Å²) in [4.78, 5) is 38.5. The second-order valence-electron chi connectivity index (χ2n) is 13.2. The molecule has 1 amide bonds. The topological polar surface area (TPSA) is 116 Å². The number of aliphatic hydroxyl groups excluding tert-OH is 1. The summed E-state index contributed by atoms with van der Waals surface area (Å²) in [7, 11) is 0. The van der Waals surface area contributed by atoms with Gasteiger partial charge in [0.2, 0.25) is 0 Å². The third-order valence-electron chi connectivity index (χ3n) is 9.25. The van der Waals surface area contributed by atoms with E-state index < -0.39 is 5.97 Å². The number of likely N-dealkylation sites (tertiary alicyclic amines) is 1. The van der Waals surface area contributed by atoms with Gasteiger partial charge in [-0.1, -0.05) is 56.4 Å². The lowest BCUT2D eigenvalue weighted by molar-refractivity contribution is 0.0702. The standard InChI is InChI=1S/C34H40N4O4S2/c1-34(2,3)23-8-9-26-22(18-23)19-28-31(36-26)44-32(37-28)30(40)35-27(12-16-38-14-10-24(39)11-15-38)21-6-4-20(5-7-21)25-13-17-43-29(25)33(41)42/h4-7,13,17,19,23-24,27,39H,8-12,14-16,18H2,1-3H3,(H,35,40)(H,41,42)/t23-,27+/m0/s1. The van der Waals surface area contributed by atoms with E-state index in [1.54, 1.807) is 5.38 Å². The molecule has 3 aromatic heterocycles. The molecule has 0 bridgehead atoms. The van der Waals surface area contributed by atoms with E-state index in [9.17, 15) is 19.8 Å². The van der Waals surface area contributed by atoms with E-state index in [0.29, 0.717) is 27.8 Å². The van der Waals surface area contributed by atoms with Crippen LogP contribution in [0, 0.1) is 11.3 Å². The molecule has 0 radical (unpaired) electrons. The minimum absolute atomic E-state index is 0.215. The molecule has 1 aliphatic carbocycles. The summed E-state index contributed by atoms with van der Waals surface area (Å²) < 4.78 is 0. The quantitative estimate of drug-likeness (QED) is 0.201. The van der Waals surface area contributed by atoms with Gasteiger partial charge in [-0.3, -0.25) is 4.79 Å². The number of carboxylic acids is 1. The molecule has 3 N–H and O–H groups in total. The number of carbonyl (C=O) groups is 2. The molecular weight excluding hydrogens is 593 g/mol. The highest BCUT2D eigenvalue weighted by Crippen LogP contribution is 2.38. The minimum Gasteiger partial charge on any atom is -0.477 e. The maximum atomic E-state index is 13.7. The zero-order valence-corrected chi connectivity index (χ0v) is 27.1. The van der Waals surface area contributed by atoms with Gasteiger partial charge in [-0.05, 0) is 84.1 Å². The van der Waals surface area contributed by atoms with Crippen LogP contribution >= 0.6 is 22.7 Å². The molecule has 1 aromatic carbocycles. The number of carboxylic acid groups (broad SMARTS) is 1. The Morgan fingerprint density at radius 3 is 2.55 bits per heavy atom. The van der Waals surface area contributed by atoms with Crippen LogP contribution in [-0.2, 0) is 12.8 Å². The highest BCUT2D eigenvalue weighted by atomic mass is 32.1. The van der Waals surface area contributed by atoms with Crippen molar-refractivity contribution in [3.05, 3.63) is 68.5 Å². The van der Waals surface area contributed by atoms with Crippen LogP contribution in [0.1, 0.15) is 88.8 Å². The largest absolute Gasteiger partial charge is 0.477 e. The van der Waals surface area contributed by atoms with Gasteiger partial charge in [-0.15, -0.1) is 11.3 Å². The third kappa shape index (κ3) is 6.73. The maximum absolute atomic E-state index is 13.7. The van der Waals surface area contributed by atoms with Crippen LogP contribution in [0.25, 0.3) is 21.5 Å². The first-order valence-corrected chi connectivity index (χ1v) is 17.2. The number of hydrogen-bond donors (Lipinski definition) is 3. The first-order chi connectivity index (χ1) is 21.0. The minimum atomic E-state index is -0.934. The Hall–Kier alpha value is -3.18. The second-order valence-corrected chi connectivity index (χ2v) is 15.1. The maximum Gasteiger partial charge on any atom is 0.346 e. The summed E-state index contributed by atoms with van der Waals surface area (Å²) in [6.07, 6.45) is 5.06. The predicted octanol–water partition coefficient (Wildman–Crippen LogP) is 6.59. The molecule has 10 heteroatoms. The molecule has 44 heavy (non-hydrogen) atoms. The van der Waals surface area contributed by atoms with E-state index in [4.69, 9.17) is 9.97 Å². The third-order valence-corrected chi connectivity index (χ3v) is 11.1. The van der Waals surface area contributed by atoms with E-state index in [0.717, 1.165) is 78.9 Å². The summed E-state index contributed by atoms with van der Waals surface area (Å²) in [5.74, 6) is -0.551. The normalized spacial score (nSPS) is 18.7. The SMILES string of the molecule is CC(C)(C)[C@H]1CCc2nc3sc(C(=O)N[C@H](CCN4CCC(O)CC4)c4ccc(-c5ccsc5C(=O)O)cc4)nc3cc2C1. The van der Waals surface area contributed by atoms with Crippen LogP contribution in [0.4, 0.5) is 0 Å². The Balaban J connectivity index is 1.22. The number of thiazole rings is 1. The smallest absolute Gasteiger partial charge is 0.346 e. The number of aryl methyl sites for hydroxylation is 1. The number of pyridine rings is 1. The van der Waals surface area contributed by atoms with Crippen molar-refractivity contribution in [1.82, 2.24) is 20.2 Å². The number of hydrogen-bond acceptors (Lipinski definition) is 8. The van der Waals surface area contributed by atoms with Crippen molar-refractivity contribution in [2.75, 3.05) is 19.6 Å². The van der Waals surface area contributed by atoms with E-state index >= 15 is 0 Å². The number of rotatable bonds is 8. The number of thiophene rings is 1. The first kappa shape index (κ1) is 30.8. The van der Waals surface area contributed by atoms with E-state index in [2.05, 4.69) is 37.1 Å². The van der Waals surface area contributed by atoms with Gasteiger partial charge in [0.25, 0.3) is 5.91 Å².